The Bertz CT molecular complexity index is 282. The Labute approximate surface area is 99.2 Å². The van der Waals surface area contributed by atoms with Crippen molar-refractivity contribution in [1.82, 2.24) is 16.0 Å². The van der Waals surface area contributed by atoms with E-state index in [2.05, 4.69) is 20.7 Å². The van der Waals surface area contributed by atoms with Gasteiger partial charge in [-0.2, -0.15) is 0 Å². The van der Waals surface area contributed by atoms with Crippen LogP contribution >= 0.6 is 0 Å². The summed E-state index contributed by atoms with van der Waals surface area (Å²) in [6.07, 6.45) is 0. The summed E-state index contributed by atoms with van der Waals surface area (Å²) in [5, 5.41) is 7.69. The Morgan fingerprint density at radius 2 is 1.94 bits per heavy atom. The molecule has 1 unspecified atom stereocenters. The molecule has 0 rings (SSSR count). The van der Waals surface area contributed by atoms with E-state index in [1.54, 1.807) is 0 Å². The topological polar surface area (TPSA) is 123 Å². The summed E-state index contributed by atoms with van der Waals surface area (Å²) < 4.78 is 4.53. The predicted octanol–water partition coefficient (Wildman–Crippen LogP) is -2.08. The molecule has 0 fully saturated rings. The van der Waals surface area contributed by atoms with E-state index in [1.807, 2.05) is 0 Å². The van der Waals surface area contributed by atoms with Gasteiger partial charge in [-0.3, -0.25) is 4.79 Å². The Morgan fingerprint density at radius 1 is 1.29 bits per heavy atom. The van der Waals surface area contributed by atoms with E-state index in [1.165, 1.54) is 14.0 Å². The Kier molecular flexibility index (Phi) is 7.44. The summed E-state index contributed by atoms with van der Waals surface area (Å²) >= 11 is 0. The van der Waals surface area contributed by atoms with E-state index in [0.717, 1.165) is 0 Å². The number of primary amides is 1. The molecule has 0 aromatic carbocycles. The number of hydrogen-bond donors (Lipinski definition) is 4. The van der Waals surface area contributed by atoms with Crippen LogP contribution in [-0.2, 0) is 14.3 Å². The fourth-order valence-electron chi connectivity index (χ4n) is 1.10. The maximum Gasteiger partial charge on any atom is 0.329 e. The smallest absolute Gasteiger partial charge is 0.329 e. The molecule has 0 saturated heterocycles. The number of esters is 1. The summed E-state index contributed by atoms with van der Waals surface area (Å²) in [4.78, 5) is 32.4. The lowest BCUT2D eigenvalue weighted by Crippen LogP contribution is -2.48. The molecule has 8 heteroatoms. The Balaban J connectivity index is 3.87. The second-order valence-corrected chi connectivity index (χ2v) is 3.27. The fraction of sp³-hybridized carbons (Fsp3) is 0.667. The van der Waals surface area contributed by atoms with Gasteiger partial charge in [0.05, 0.1) is 7.11 Å². The average molecular weight is 246 g/mol. The highest BCUT2D eigenvalue weighted by Crippen LogP contribution is 1.86. The van der Waals surface area contributed by atoms with E-state index in [0.29, 0.717) is 13.1 Å². The van der Waals surface area contributed by atoms with Crippen molar-refractivity contribution in [3.8, 4) is 0 Å². The first-order valence-electron chi connectivity index (χ1n) is 5.06. The minimum atomic E-state index is -0.744. The van der Waals surface area contributed by atoms with Crippen LogP contribution in [0.3, 0.4) is 0 Å². The minimum absolute atomic E-state index is 0.215. The highest BCUT2D eigenvalue weighted by atomic mass is 16.5. The average Bonchev–Trinajstić information content (AvgIpc) is 2.25. The van der Waals surface area contributed by atoms with Crippen LogP contribution in [0.15, 0.2) is 0 Å². The van der Waals surface area contributed by atoms with Gasteiger partial charge in [-0.1, -0.05) is 0 Å². The van der Waals surface area contributed by atoms with Gasteiger partial charge in [-0.05, 0) is 0 Å². The van der Waals surface area contributed by atoms with Crippen LogP contribution in [0.2, 0.25) is 0 Å². The van der Waals surface area contributed by atoms with Crippen LogP contribution in [0.5, 0.6) is 0 Å². The molecule has 3 amide bonds. The summed E-state index contributed by atoms with van der Waals surface area (Å²) in [6, 6.07) is -1.36. The van der Waals surface area contributed by atoms with E-state index in [4.69, 9.17) is 5.73 Å². The molecule has 0 aromatic rings. The van der Waals surface area contributed by atoms with Crippen LogP contribution in [0, 0.1) is 0 Å². The summed E-state index contributed by atoms with van der Waals surface area (Å²) in [5.74, 6) is -0.854. The monoisotopic (exact) mass is 246 g/mol. The molecular weight excluding hydrogens is 228 g/mol. The van der Waals surface area contributed by atoms with Gasteiger partial charge in [0, 0.05) is 26.6 Å². The number of ether oxygens (including phenoxy) is 1. The lowest BCUT2D eigenvalue weighted by atomic mass is 10.3. The van der Waals surface area contributed by atoms with Crippen LogP contribution in [0.1, 0.15) is 6.92 Å². The lowest BCUT2D eigenvalue weighted by molar-refractivity contribution is -0.144. The lowest BCUT2D eigenvalue weighted by Gasteiger charge is -2.16. The molecule has 0 aliphatic heterocycles. The molecule has 1 atom stereocenters. The fourth-order valence-corrected chi connectivity index (χ4v) is 1.10. The van der Waals surface area contributed by atoms with Crippen molar-refractivity contribution in [2.45, 2.75) is 13.0 Å². The van der Waals surface area contributed by atoms with E-state index >= 15 is 0 Å². The molecule has 0 bridgehead atoms. The van der Waals surface area contributed by atoms with Crippen molar-refractivity contribution in [3.05, 3.63) is 0 Å². The van der Waals surface area contributed by atoms with Crippen molar-refractivity contribution < 1.29 is 19.1 Å². The van der Waals surface area contributed by atoms with Gasteiger partial charge >= 0.3 is 12.0 Å². The number of amides is 3. The maximum atomic E-state index is 11.3. The highest BCUT2D eigenvalue weighted by molar-refractivity contribution is 5.83. The molecule has 0 spiro atoms. The number of carbonyl (C=O) groups is 3. The molecular formula is C9H18N4O4. The van der Waals surface area contributed by atoms with Crippen molar-refractivity contribution in [2.75, 3.05) is 26.7 Å². The number of hydrogen-bond acceptors (Lipinski definition) is 5. The van der Waals surface area contributed by atoms with Gasteiger partial charge in [-0.25, -0.2) is 9.59 Å². The standard InChI is InChI=1S/C9H18N4O4/c1-6(14)13-7(8(15)17-2)5-11-3-4-12-9(10)16/h7,11H,3-5H2,1-2H3,(H,13,14)(H3,10,12,16). The molecule has 0 aliphatic rings. The second kappa shape index (κ2) is 8.34. The molecule has 17 heavy (non-hydrogen) atoms. The minimum Gasteiger partial charge on any atom is -0.467 e. The first kappa shape index (κ1) is 15.2. The highest BCUT2D eigenvalue weighted by Gasteiger charge is 2.19. The van der Waals surface area contributed by atoms with E-state index < -0.39 is 18.0 Å². The SMILES string of the molecule is COC(=O)C(CNCCNC(N)=O)NC(C)=O. The third kappa shape index (κ3) is 8.03. The van der Waals surface area contributed by atoms with E-state index in [-0.39, 0.29) is 12.5 Å². The number of nitrogens with two attached hydrogens (primary N) is 1. The quantitative estimate of drug-likeness (QED) is 0.303. The van der Waals surface area contributed by atoms with Crippen LogP contribution in [0.4, 0.5) is 4.79 Å². The second-order valence-electron chi connectivity index (χ2n) is 3.27. The third-order valence-corrected chi connectivity index (χ3v) is 1.81. The van der Waals surface area contributed by atoms with E-state index in [9.17, 15) is 14.4 Å². The molecule has 5 N–H and O–H groups in total. The zero-order valence-electron chi connectivity index (χ0n) is 9.91. The first-order valence-corrected chi connectivity index (χ1v) is 5.06. The normalized spacial score (nSPS) is 11.4. The van der Waals surface area contributed by atoms with Crippen molar-refractivity contribution in [1.29, 1.82) is 0 Å². The summed E-state index contributed by atoms with van der Waals surface area (Å²) in [5.41, 5.74) is 4.86. The van der Waals surface area contributed by atoms with Gasteiger partial charge in [0.25, 0.3) is 0 Å². The van der Waals surface area contributed by atoms with Gasteiger partial charge in [0.15, 0.2) is 0 Å². The van der Waals surface area contributed by atoms with Crippen molar-refractivity contribution in [3.63, 3.8) is 0 Å². The first-order chi connectivity index (χ1) is 7.97. The van der Waals surface area contributed by atoms with Crippen LogP contribution in [0.25, 0.3) is 0 Å². The molecule has 0 aliphatic carbocycles. The van der Waals surface area contributed by atoms with Gasteiger partial charge in [0.1, 0.15) is 6.04 Å². The molecule has 8 nitrogen and oxygen atoms in total. The third-order valence-electron chi connectivity index (χ3n) is 1.81. The number of rotatable bonds is 7. The van der Waals surface area contributed by atoms with Crippen LogP contribution < -0.4 is 21.7 Å². The molecule has 0 heterocycles. The largest absolute Gasteiger partial charge is 0.467 e. The van der Waals surface area contributed by atoms with Crippen molar-refractivity contribution in [2.24, 2.45) is 5.73 Å². The molecule has 0 saturated carbocycles. The molecule has 0 aromatic heterocycles. The maximum absolute atomic E-state index is 11.3. The number of nitrogens with one attached hydrogen (secondary N) is 3. The number of carbonyl (C=O) groups excluding carboxylic acids is 3. The Hall–Kier alpha value is -1.83. The van der Waals surface area contributed by atoms with Gasteiger partial charge in [-0.15, -0.1) is 0 Å². The number of urea groups is 1. The van der Waals surface area contributed by atoms with Gasteiger partial charge in [0.2, 0.25) is 5.91 Å². The Morgan fingerprint density at radius 3 is 2.41 bits per heavy atom. The van der Waals surface area contributed by atoms with Crippen molar-refractivity contribution >= 4 is 17.9 Å². The summed E-state index contributed by atoms with van der Waals surface area (Å²) in [7, 11) is 1.24. The predicted molar refractivity (Wildman–Crippen MR) is 60.1 cm³/mol. The molecule has 98 valence electrons. The zero-order chi connectivity index (χ0) is 13.3. The number of methoxy groups -OCH3 is 1. The van der Waals surface area contributed by atoms with Crippen LogP contribution in [-0.4, -0.2) is 50.7 Å². The molecule has 0 radical (unpaired) electrons. The summed E-state index contributed by atoms with van der Waals surface area (Å²) in [6.45, 7) is 2.29. The zero-order valence-corrected chi connectivity index (χ0v) is 9.91. The van der Waals surface area contributed by atoms with Gasteiger partial charge < -0.3 is 26.4 Å².